The van der Waals surface area contributed by atoms with Crippen LogP contribution in [0.25, 0.3) is 0 Å². The number of nitrogens with one attached hydrogen (secondary N) is 1. The van der Waals surface area contributed by atoms with Gasteiger partial charge >= 0.3 is 5.97 Å². The molecule has 3 atom stereocenters. The number of quaternary nitrogens is 1. The van der Waals surface area contributed by atoms with Gasteiger partial charge < -0.3 is 24.8 Å². The summed E-state index contributed by atoms with van der Waals surface area (Å²) < 4.78 is 0.283. The molecule has 0 aliphatic heterocycles. The van der Waals surface area contributed by atoms with Gasteiger partial charge in [-0.05, 0) is 39.5 Å². The second kappa shape index (κ2) is 26.4. The summed E-state index contributed by atoms with van der Waals surface area (Å²) in [5.41, 5.74) is -1.03. The maximum atomic E-state index is 12.8. The molecule has 7 heteroatoms. The van der Waals surface area contributed by atoms with Crippen LogP contribution in [0.3, 0.4) is 0 Å². The topological polar surface area (TPSA) is 107 Å². The van der Waals surface area contributed by atoms with Crippen molar-refractivity contribution in [2.75, 3.05) is 14.1 Å². The van der Waals surface area contributed by atoms with Gasteiger partial charge in [0.05, 0.1) is 20.1 Å². The number of rotatable bonds is 32. The molecule has 0 aromatic rings. The molecule has 0 rings (SSSR count). The highest BCUT2D eigenvalue weighted by molar-refractivity contribution is 5.76. The van der Waals surface area contributed by atoms with E-state index in [4.69, 9.17) is 5.11 Å². The highest BCUT2D eigenvalue weighted by Gasteiger charge is 2.47. The minimum atomic E-state index is -1.03. The predicted octanol–water partition coefficient (Wildman–Crippen LogP) is 8.71. The number of nitrogens with zero attached hydrogens (tertiary/aromatic N) is 1. The van der Waals surface area contributed by atoms with Gasteiger partial charge in [0.25, 0.3) is 0 Å². The van der Waals surface area contributed by atoms with Gasteiger partial charge in [0.15, 0.2) is 0 Å². The maximum Gasteiger partial charge on any atom is 0.303 e. The fourth-order valence-electron chi connectivity index (χ4n) is 6.65. The van der Waals surface area contributed by atoms with Crippen LogP contribution in [-0.2, 0) is 14.4 Å². The smallest absolute Gasteiger partial charge is 0.303 e. The van der Waals surface area contributed by atoms with Crippen molar-refractivity contribution in [2.45, 2.75) is 212 Å². The van der Waals surface area contributed by atoms with Gasteiger partial charge in [-0.3, -0.25) is 9.59 Å². The fraction of sp³-hybridized carbons (Fsp3) is 0.921. The third kappa shape index (κ3) is 19.6. The van der Waals surface area contributed by atoms with E-state index in [9.17, 15) is 19.5 Å². The molecule has 0 aliphatic rings. The van der Waals surface area contributed by atoms with Gasteiger partial charge in [-0.2, -0.15) is 0 Å². The summed E-state index contributed by atoms with van der Waals surface area (Å²) in [5, 5.41) is 24.5. The molecule has 0 spiro atoms. The van der Waals surface area contributed by atoms with Crippen LogP contribution in [0.5, 0.6) is 0 Å². The first-order valence-electron chi connectivity index (χ1n) is 19.0. The van der Waals surface area contributed by atoms with Gasteiger partial charge in [0.1, 0.15) is 17.6 Å². The number of carboxylic acid groups (broad SMARTS) is 2. The van der Waals surface area contributed by atoms with Crippen molar-refractivity contribution in [1.29, 1.82) is 0 Å². The van der Waals surface area contributed by atoms with Crippen molar-refractivity contribution in [2.24, 2.45) is 0 Å². The molecular formula is C38H74N2O5. The minimum Gasteiger partial charge on any atom is -0.544 e. The molecule has 0 saturated heterocycles. The number of likely N-dealkylation sites (N-methyl/N-ethyl adjacent to an activating group) is 1. The molecule has 45 heavy (non-hydrogen) atoms. The van der Waals surface area contributed by atoms with Gasteiger partial charge in [-0.1, -0.05) is 136 Å². The van der Waals surface area contributed by atoms with Crippen molar-refractivity contribution in [3.8, 4) is 0 Å². The van der Waals surface area contributed by atoms with Crippen LogP contribution in [-0.4, -0.2) is 59.2 Å². The lowest BCUT2D eigenvalue weighted by atomic mass is 9.86. The molecule has 0 fully saturated rings. The molecule has 0 saturated carbocycles. The molecule has 7 nitrogen and oxygen atoms in total. The normalized spacial score (nSPS) is 14.5. The Labute approximate surface area is 278 Å². The Kier molecular flexibility index (Phi) is 25.5. The molecule has 2 N–H and O–H groups in total. The van der Waals surface area contributed by atoms with Crippen molar-refractivity contribution in [3.05, 3.63) is 0 Å². The summed E-state index contributed by atoms with van der Waals surface area (Å²) in [6, 6.07) is -0.142. The van der Waals surface area contributed by atoms with E-state index in [-0.39, 0.29) is 22.5 Å². The number of hydrogen-bond donors (Lipinski definition) is 2. The zero-order chi connectivity index (χ0) is 34.0. The van der Waals surface area contributed by atoms with E-state index in [0.717, 1.165) is 57.8 Å². The van der Waals surface area contributed by atoms with Crippen molar-refractivity contribution in [1.82, 2.24) is 5.32 Å². The van der Waals surface area contributed by atoms with Crippen LogP contribution in [0.1, 0.15) is 195 Å². The molecule has 266 valence electrons. The number of carbonyl (C=O) groups is 3. The second-order valence-corrected chi connectivity index (χ2v) is 14.5. The lowest BCUT2D eigenvalue weighted by Gasteiger charge is -2.52. The van der Waals surface area contributed by atoms with Crippen molar-refractivity contribution in [3.63, 3.8) is 0 Å². The Hall–Kier alpha value is -1.63. The Morgan fingerprint density at radius 1 is 0.667 bits per heavy atom. The highest BCUT2D eigenvalue weighted by Crippen LogP contribution is 2.32. The van der Waals surface area contributed by atoms with Gasteiger partial charge in [0, 0.05) is 19.3 Å². The van der Waals surface area contributed by atoms with Crippen LogP contribution >= 0.6 is 0 Å². The molecule has 1 amide bonds. The van der Waals surface area contributed by atoms with E-state index >= 15 is 0 Å². The number of carboxylic acids is 2. The molecule has 0 bridgehead atoms. The van der Waals surface area contributed by atoms with Gasteiger partial charge in [0.2, 0.25) is 5.91 Å². The molecule has 0 aliphatic carbocycles. The fourth-order valence-corrected chi connectivity index (χ4v) is 6.65. The summed E-state index contributed by atoms with van der Waals surface area (Å²) >= 11 is 0. The molecule has 0 radical (unpaired) electrons. The average Bonchev–Trinajstić information content (AvgIpc) is 3.00. The zero-order valence-corrected chi connectivity index (χ0v) is 30.6. The van der Waals surface area contributed by atoms with E-state index < -0.39 is 17.5 Å². The summed E-state index contributed by atoms with van der Waals surface area (Å²) in [4.78, 5) is 35.9. The Morgan fingerprint density at radius 3 is 1.42 bits per heavy atom. The van der Waals surface area contributed by atoms with E-state index in [0.29, 0.717) is 19.3 Å². The van der Waals surface area contributed by atoms with Crippen molar-refractivity contribution < 1.29 is 29.1 Å². The average molecular weight is 639 g/mol. The van der Waals surface area contributed by atoms with Gasteiger partial charge in [-0.15, -0.1) is 0 Å². The second-order valence-electron chi connectivity index (χ2n) is 14.5. The van der Waals surface area contributed by atoms with Crippen LogP contribution in [0, 0.1) is 0 Å². The lowest BCUT2D eigenvalue weighted by Crippen LogP contribution is -2.72. The largest absolute Gasteiger partial charge is 0.544 e. The van der Waals surface area contributed by atoms with Crippen molar-refractivity contribution >= 4 is 17.8 Å². The Balaban J connectivity index is 4.39. The van der Waals surface area contributed by atoms with E-state index in [1.165, 1.54) is 89.9 Å². The lowest BCUT2D eigenvalue weighted by molar-refractivity contribution is -0.955. The highest BCUT2D eigenvalue weighted by atomic mass is 16.4. The Bertz CT molecular complexity index is 771. The molecular weight excluding hydrogens is 564 g/mol. The van der Waals surface area contributed by atoms with E-state index in [1.807, 2.05) is 21.0 Å². The zero-order valence-electron chi connectivity index (χ0n) is 30.6. The summed E-state index contributed by atoms with van der Waals surface area (Å²) in [6.07, 6.45) is 27.8. The number of hydrogen-bond acceptors (Lipinski definition) is 4. The SMILES string of the molecule is CCCCCCCCCCCC(=O)NC(CC)C(C)[N+](C)(C)C(C)(CCCCCCCCCCCCCCCC(=O)O)C(=O)[O-]. The van der Waals surface area contributed by atoms with Crippen LogP contribution in [0.2, 0.25) is 0 Å². The summed E-state index contributed by atoms with van der Waals surface area (Å²) in [6.45, 7) is 8.22. The summed E-state index contributed by atoms with van der Waals surface area (Å²) in [5.74, 6) is -1.61. The number of carbonyl (C=O) groups excluding carboxylic acids is 2. The monoisotopic (exact) mass is 639 g/mol. The van der Waals surface area contributed by atoms with Crippen LogP contribution < -0.4 is 10.4 Å². The van der Waals surface area contributed by atoms with Gasteiger partial charge in [-0.25, -0.2) is 0 Å². The van der Waals surface area contributed by atoms with Crippen LogP contribution in [0.4, 0.5) is 0 Å². The first-order chi connectivity index (χ1) is 21.4. The molecule has 0 aromatic heterocycles. The number of amides is 1. The summed E-state index contributed by atoms with van der Waals surface area (Å²) in [7, 11) is 3.98. The standard InChI is InChI=1S/C38H74N2O5/c1-7-9-10-11-12-18-21-24-27-30-35(41)39-34(8-2)33(3)40(5,6)38(4,37(44)45)32-29-26-23-20-17-15-13-14-16-19-22-25-28-31-36(42)43/h33-34H,7-32H2,1-6H3,(H2-,39,41,42,43,44,45). The molecule has 3 unspecified atom stereocenters. The first kappa shape index (κ1) is 43.4. The minimum absolute atomic E-state index is 0.0605. The van der Waals surface area contributed by atoms with E-state index in [2.05, 4.69) is 26.1 Å². The third-order valence-electron chi connectivity index (χ3n) is 10.7. The van der Waals surface area contributed by atoms with E-state index in [1.54, 1.807) is 0 Å². The number of aliphatic carboxylic acids is 2. The predicted molar refractivity (Wildman–Crippen MR) is 186 cm³/mol. The quantitative estimate of drug-likeness (QED) is 0.0566. The third-order valence-corrected chi connectivity index (χ3v) is 10.7. The molecule has 0 aromatic carbocycles. The first-order valence-corrected chi connectivity index (χ1v) is 19.0. The molecule has 0 heterocycles. The van der Waals surface area contributed by atoms with Crippen LogP contribution in [0.15, 0.2) is 0 Å². The number of unbranched alkanes of at least 4 members (excludes halogenated alkanes) is 20. The Morgan fingerprint density at radius 2 is 1.04 bits per heavy atom. The maximum absolute atomic E-state index is 12.8.